The first kappa shape index (κ1) is 14.7. The lowest BCUT2D eigenvalue weighted by atomic mass is 10.1. The molecular formula is C17H23N3S. The van der Waals surface area contributed by atoms with Gasteiger partial charge in [-0.25, -0.2) is 0 Å². The van der Waals surface area contributed by atoms with Gasteiger partial charge in [0.2, 0.25) is 0 Å². The molecule has 112 valence electrons. The van der Waals surface area contributed by atoms with Gasteiger partial charge in [-0.1, -0.05) is 29.8 Å². The highest BCUT2D eigenvalue weighted by Crippen LogP contribution is 2.19. The summed E-state index contributed by atoms with van der Waals surface area (Å²) in [6.07, 6.45) is 7.01. The Hall–Kier alpha value is -1.26. The molecule has 2 aromatic rings. The first-order valence-electron chi connectivity index (χ1n) is 7.90. The molecular weight excluding hydrogens is 278 g/mol. The van der Waals surface area contributed by atoms with E-state index < -0.39 is 0 Å². The van der Waals surface area contributed by atoms with Crippen molar-refractivity contribution >= 4 is 11.3 Å². The van der Waals surface area contributed by atoms with E-state index >= 15 is 0 Å². The van der Waals surface area contributed by atoms with Gasteiger partial charge in [0.05, 0.1) is 0 Å². The normalized spacial score (nSPS) is 14.5. The Kier molecular flexibility index (Phi) is 4.99. The molecule has 0 spiro atoms. The van der Waals surface area contributed by atoms with Crippen LogP contribution in [0.2, 0.25) is 0 Å². The van der Waals surface area contributed by atoms with Gasteiger partial charge in [0.1, 0.15) is 10.0 Å². The molecule has 1 saturated carbocycles. The third-order valence-corrected chi connectivity index (χ3v) is 4.88. The molecule has 1 fully saturated rings. The van der Waals surface area contributed by atoms with E-state index in [2.05, 4.69) is 46.7 Å². The molecule has 0 amide bonds. The number of hydrogen-bond acceptors (Lipinski definition) is 4. The summed E-state index contributed by atoms with van der Waals surface area (Å²) in [5.74, 6) is 0. The molecule has 3 nitrogen and oxygen atoms in total. The molecule has 1 aliphatic rings. The average molecular weight is 301 g/mol. The van der Waals surface area contributed by atoms with Gasteiger partial charge < -0.3 is 5.32 Å². The van der Waals surface area contributed by atoms with Crippen LogP contribution in [0.4, 0.5) is 0 Å². The Morgan fingerprint density at radius 3 is 2.48 bits per heavy atom. The highest BCUT2D eigenvalue weighted by Gasteiger charge is 2.19. The number of aromatic nitrogens is 2. The van der Waals surface area contributed by atoms with Gasteiger partial charge in [-0.05, 0) is 44.7 Å². The third kappa shape index (κ3) is 4.90. The number of hydrogen-bond donors (Lipinski definition) is 1. The van der Waals surface area contributed by atoms with Gasteiger partial charge >= 0.3 is 0 Å². The van der Waals surface area contributed by atoms with E-state index in [1.165, 1.54) is 40.4 Å². The van der Waals surface area contributed by atoms with E-state index in [1.54, 1.807) is 11.3 Å². The molecule has 1 N–H and O–H groups in total. The summed E-state index contributed by atoms with van der Waals surface area (Å²) in [4.78, 5) is 0. The quantitative estimate of drug-likeness (QED) is 0.760. The van der Waals surface area contributed by atoms with Crippen LogP contribution < -0.4 is 5.32 Å². The lowest BCUT2D eigenvalue weighted by molar-refractivity contribution is 0.642. The minimum Gasteiger partial charge on any atom is -0.314 e. The summed E-state index contributed by atoms with van der Waals surface area (Å²) < 4.78 is 0. The predicted molar refractivity (Wildman–Crippen MR) is 87.8 cm³/mol. The third-order valence-electron chi connectivity index (χ3n) is 3.83. The summed E-state index contributed by atoms with van der Waals surface area (Å²) in [5, 5.41) is 14.5. The zero-order valence-electron chi connectivity index (χ0n) is 12.6. The van der Waals surface area contributed by atoms with Crippen LogP contribution in [-0.2, 0) is 19.3 Å². The van der Waals surface area contributed by atoms with Crippen molar-refractivity contribution in [2.24, 2.45) is 0 Å². The van der Waals surface area contributed by atoms with Crippen LogP contribution in [0.1, 0.15) is 40.4 Å². The SMILES string of the molecule is Cc1ccc(CCc2nnc(CCCNC3CC3)s2)cc1. The summed E-state index contributed by atoms with van der Waals surface area (Å²) >= 11 is 1.78. The topological polar surface area (TPSA) is 37.8 Å². The maximum absolute atomic E-state index is 4.32. The Labute approximate surface area is 130 Å². The molecule has 0 radical (unpaired) electrons. The van der Waals surface area contributed by atoms with Gasteiger partial charge in [0, 0.05) is 18.9 Å². The standard InChI is InChI=1S/C17H23N3S/c1-13-4-6-14(7-5-13)8-11-17-20-19-16(21-17)3-2-12-18-15-9-10-15/h4-7,15,18H,2-3,8-12H2,1H3. The zero-order chi connectivity index (χ0) is 14.5. The highest BCUT2D eigenvalue weighted by molar-refractivity contribution is 7.11. The Morgan fingerprint density at radius 2 is 1.76 bits per heavy atom. The van der Waals surface area contributed by atoms with E-state index in [4.69, 9.17) is 0 Å². The van der Waals surface area contributed by atoms with Crippen molar-refractivity contribution in [3.8, 4) is 0 Å². The van der Waals surface area contributed by atoms with E-state index in [1.807, 2.05) is 0 Å². The molecule has 1 aromatic heterocycles. The van der Waals surface area contributed by atoms with Gasteiger partial charge in [-0.2, -0.15) is 0 Å². The highest BCUT2D eigenvalue weighted by atomic mass is 32.1. The van der Waals surface area contributed by atoms with E-state index in [9.17, 15) is 0 Å². The Morgan fingerprint density at radius 1 is 1.05 bits per heavy atom. The second kappa shape index (κ2) is 7.14. The first-order valence-corrected chi connectivity index (χ1v) is 8.71. The number of benzene rings is 1. The number of aryl methyl sites for hydroxylation is 4. The molecule has 21 heavy (non-hydrogen) atoms. The van der Waals surface area contributed by atoms with E-state index in [0.717, 1.165) is 31.8 Å². The summed E-state index contributed by atoms with van der Waals surface area (Å²) in [5.41, 5.74) is 2.70. The molecule has 1 heterocycles. The van der Waals surface area contributed by atoms with Crippen LogP contribution in [0.5, 0.6) is 0 Å². The maximum atomic E-state index is 4.32. The van der Waals surface area contributed by atoms with Crippen molar-refractivity contribution in [1.82, 2.24) is 15.5 Å². The summed E-state index contributed by atoms with van der Waals surface area (Å²) in [6, 6.07) is 9.58. The number of nitrogens with one attached hydrogen (secondary N) is 1. The van der Waals surface area contributed by atoms with Crippen molar-refractivity contribution in [2.75, 3.05) is 6.54 Å². The minimum absolute atomic E-state index is 0.810. The molecule has 0 unspecified atom stereocenters. The average Bonchev–Trinajstić information content (AvgIpc) is 3.21. The van der Waals surface area contributed by atoms with Crippen molar-refractivity contribution in [2.45, 2.75) is 51.5 Å². The molecule has 1 aromatic carbocycles. The second-order valence-corrected chi connectivity index (χ2v) is 7.05. The molecule has 3 rings (SSSR count). The maximum Gasteiger partial charge on any atom is 0.117 e. The molecule has 1 aliphatic carbocycles. The lowest BCUT2D eigenvalue weighted by Crippen LogP contribution is -2.17. The smallest absolute Gasteiger partial charge is 0.117 e. The van der Waals surface area contributed by atoms with E-state index in [-0.39, 0.29) is 0 Å². The Bertz CT molecular complexity index is 558. The van der Waals surface area contributed by atoms with Crippen LogP contribution >= 0.6 is 11.3 Å². The van der Waals surface area contributed by atoms with Crippen LogP contribution in [0.25, 0.3) is 0 Å². The monoisotopic (exact) mass is 301 g/mol. The molecule has 0 atom stereocenters. The fraction of sp³-hybridized carbons (Fsp3) is 0.529. The van der Waals surface area contributed by atoms with Crippen molar-refractivity contribution in [1.29, 1.82) is 0 Å². The zero-order valence-corrected chi connectivity index (χ0v) is 13.5. The van der Waals surface area contributed by atoms with Crippen LogP contribution in [0.15, 0.2) is 24.3 Å². The fourth-order valence-corrected chi connectivity index (χ4v) is 3.22. The Balaban J connectivity index is 1.40. The van der Waals surface area contributed by atoms with Crippen LogP contribution in [-0.4, -0.2) is 22.8 Å². The van der Waals surface area contributed by atoms with Crippen LogP contribution in [0.3, 0.4) is 0 Å². The molecule has 0 saturated heterocycles. The summed E-state index contributed by atoms with van der Waals surface area (Å²) in [6.45, 7) is 3.24. The van der Waals surface area contributed by atoms with Crippen LogP contribution in [0, 0.1) is 6.92 Å². The van der Waals surface area contributed by atoms with Crippen molar-refractivity contribution < 1.29 is 0 Å². The fourth-order valence-electron chi connectivity index (χ4n) is 2.33. The van der Waals surface area contributed by atoms with Crippen molar-refractivity contribution in [3.63, 3.8) is 0 Å². The molecule has 0 aliphatic heterocycles. The largest absolute Gasteiger partial charge is 0.314 e. The first-order chi connectivity index (χ1) is 10.3. The summed E-state index contributed by atoms with van der Waals surface area (Å²) in [7, 11) is 0. The lowest BCUT2D eigenvalue weighted by Gasteiger charge is -2.00. The van der Waals surface area contributed by atoms with E-state index in [0.29, 0.717) is 0 Å². The second-order valence-electron chi connectivity index (χ2n) is 5.91. The van der Waals surface area contributed by atoms with Gasteiger partial charge in [0.25, 0.3) is 0 Å². The molecule has 0 bridgehead atoms. The van der Waals surface area contributed by atoms with Crippen molar-refractivity contribution in [3.05, 3.63) is 45.4 Å². The van der Waals surface area contributed by atoms with Gasteiger partial charge in [-0.15, -0.1) is 21.5 Å². The predicted octanol–water partition coefficient (Wildman–Crippen LogP) is 3.32. The van der Waals surface area contributed by atoms with Gasteiger partial charge in [-0.3, -0.25) is 0 Å². The minimum atomic E-state index is 0.810. The molecule has 4 heteroatoms. The number of nitrogens with zero attached hydrogens (tertiary/aromatic N) is 2. The number of rotatable bonds is 8. The van der Waals surface area contributed by atoms with Gasteiger partial charge in [0.15, 0.2) is 0 Å².